The van der Waals surface area contributed by atoms with Crippen molar-refractivity contribution in [2.75, 3.05) is 13.7 Å². The third kappa shape index (κ3) is 1.58. The summed E-state index contributed by atoms with van der Waals surface area (Å²) in [6, 6.07) is 1.45. The second kappa shape index (κ2) is 3.60. The molecule has 17 heavy (non-hydrogen) atoms. The van der Waals surface area contributed by atoms with Gasteiger partial charge in [-0.15, -0.1) is 0 Å². The van der Waals surface area contributed by atoms with Crippen LogP contribution in [0.3, 0.4) is 0 Å². The van der Waals surface area contributed by atoms with Crippen molar-refractivity contribution < 1.29 is 22.3 Å². The van der Waals surface area contributed by atoms with Gasteiger partial charge in [-0.1, -0.05) is 0 Å². The number of halogens is 4. The summed E-state index contributed by atoms with van der Waals surface area (Å²) in [6.07, 6.45) is -0.518. The highest BCUT2D eigenvalue weighted by Gasteiger charge is 2.72. The van der Waals surface area contributed by atoms with Crippen LogP contribution < -0.4 is 10.5 Å². The van der Waals surface area contributed by atoms with E-state index in [-0.39, 0.29) is 17.9 Å². The maximum absolute atomic E-state index is 13.4. The first-order chi connectivity index (χ1) is 7.88. The van der Waals surface area contributed by atoms with Gasteiger partial charge in [0.15, 0.2) is 11.6 Å². The Hall–Kier alpha value is -1.30. The zero-order valence-corrected chi connectivity index (χ0v) is 9.07. The number of hydrogen-bond acceptors (Lipinski definition) is 2. The molecule has 6 heteroatoms. The van der Waals surface area contributed by atoms with Crippen LogP contribution in [-0.2, 0) is 5.41 Å². The standard InChI is InChI=1S/C11H11F4NO/c1-17-9-7(2-6(12)3-8(9)13)10(5-16)4-11(10,14)15/h2-3H,4-5,16H2,1H3. The number of methoxy groups -OCH3 is 1. The van der Waals surface area contributed by atoms with Crippen molar-refractivity contribution in [3.05, 3.63) is 29.3 Å². The molecule has 1 aliphatic carbocycles. The molecule has 1 atom stereocenters. The van der Waals surface area contributed by atoms with Gasteiger partial charge in [-0.3, -0.25) is 0 Å². The van der Waals surface area contributed by atoms with Crippen LogP contribution in [0.1, 0.15) is 12.0 Å². The smallest absolute Gasteiger partial charge is 0.260 e. The lowest BCUT2D eigenvalue weighted by Crippen LogP contribution is -2.27. The molecule has 0 bridgehead atoms. The Morgan fingerprint density at radius 3 is 2.35 bits per heavy atom. The molecule has 0 heterocycles. The largest absolute Gasteiger partial charge is 0.493 e. The predicted octanol–water partition coefficient (Wildman–Crippen LogP) is 2.21. The number of nitrogens with two attached hydrogens (primary N) is 1. The molecule has 1 fully saturated rings. The first kappa shape index (κ1) is 12.2. The zero-order valence-electron chi connectivity index (χ0n) is 9.07. The van der Waals surface area contributed by atoms with Gasteiger partial charge in [-0.25, -0.2) is 17.6 Å². The Morgan fingerprint density at radius 2 is 1.94 bits per heavy atom. The minimum Gasteiger partial charge on any atom is -0.493 e. The van der Waals surface area contributed by atoms with E-state index in [0.29, 0.717) is 6.07 Å². The minimum absolute atomic E-state index is 0.204. The topological polar surface area (TPSA) is 35.2 Å². The summed E-state index contributed by atoms with van der Waals surface area (Å²) >= 11 is 0. The highest BCUT2D eigenvalue weighted by atomic mass is 19.3. The predicted molar refractivity (Wildman–Crippen MR) is 53.2 cm³/mol. The Bertz CT molecular complexity index is 463. The third-order valence-electron chi connectivity index (χ3n) is 3.18. The van der Waals surface area contributed by atoms with Crippen LogP contribution in [0.15, 0.2) is 12.1 Å². The van der Waals surface area contributed by atoms with Crippen LogP contribution in [0.2, 0.25) is 0 Å². The second-order valence-electron chi connectivity index (χ2n) is 4.14. The third-order valence-corrected chi connectivity index (χ3v) is 3.18. The second-order valence-corrected chi connectivity index (χ2v) is 4.14. The summed E-state index contributed by atoms with van der Waals surface area (Å²) in [5.74, 6) is -5.34. The molecular weight excluding hydrogens is 238 g/mol. The summed E-state index contributed by atoms with van der Waals surface area (Å²) in [4.78, 5) is 0. The molecular formula is C11H11F4NO. The molecule has 94 valence electrons. The highest BCUT2D eigenvalue weighted by molar-refractivity contribution is 5.48. The molecule has 0 radical (unpaired) electrons. The van der Waals surface area contributed by atoms with Crippen LogP contribution in [-0.4, -0.2) is 19.6 Å². The van der Waals surface area contributed by atoms with Crippen molar-refractivity contribution in [1.29, 1.82) is 0 Å². The van der Waals surface area contributed by atoms with E-state index in [9.17, 15) is 17.6 Å². The molecule has 1 aromatic carbocycles. The van der Waals surface area contributed by atoms with Crippen molar-refractivity contribution >= 4 is 0 Å². The fourth-order valence-electron chi connectivity index (χ4n) is 2.08. The molecule has 1 unspecified atom stereocenters. The van der Waals surface area contributed by atoms with Gasteiger partial charge in [0.25, 0.3) is 5.92 Å². The average Bonchev–Trinajstić information content (AvgIpc) is 2.81. The Labute approximate surface area is 95.4 Å². The molecule has 1 aliphatic rings. The summed E-state index contributed by atoms with van der Waals surface area (Å²) in [5, 5.41) is 0. The first-order valence-corrected chi connectivity index (χ1v) is 4.99. The van der Waals surface area contributed by atoms with E-state index in [4.69, 9.17) is 10.5 Å². The molecule has 1 aromatic rings. The van der Waals surface area contributed by atoms with Gasteiger partial charge in [-0.05, 0) is 6.07 Å². The van der Waals surface area contributed by atoms with Gasteiger partial charge in [0.2, 0.25) is 0 Å². The van der Waals surface area contributed by atoms with Gasteiger partial charge < -0.3 is 10.5 Å². The van der Waals surface area contributed by atoms with E-state index in [1.54, 1.807) is 0 Å². The van der Waals surface area contributed by atoms with E-state index in [2.05, 4.69) is 0 Å². The highest BCUT2D eigenvalue weighted by Crippen LogP contribution is 2.62. The fraction of sp³-hybridized carbons (Fsp3) is 0.455. The van der Waals surface area contributed by atoms with Crippen LogP contribution in [0.4, 0.5) is 17.6 Å². The monoisotopic (exact) mass is 249 g/mol. The van der Waals surface area contributed by atoms with Crippen LogP contribution in [0.5, 0.6) is 5.75 Å². The average molecular weight is 249 g/mol. The summed E-state index contributed by atoms with van der Waals surface area (Å²) in [6.45, 7) is -0.390. The molecule has 2 nitrogen and oxygen atoms in total. The van der Waals surface area contributed by atoms with E-state index in [0.717, 1.165) is 13.2 Å². The Kier molecular flexibility index (Phi) is 2.57. The summed E-state index contributed by atoms with van der Waals surface area (Å²) in [5.41, 5.74) is 3.41. The van der Waals surface area contributed by atoms with Crippen LogP contribution >= 0.6 is 0 Å². The molecule has 2 rings (SSSR count). The SMILES string of the molecule is COc1c(F)cc(F)cc1C1(CN)CC1(F)F. The maximum atomic E-state index is 13.4. The van der Waals surface area contributed by atoms with E-state index in [1.165, 1.54) is 0 Å². The lowest BCUT2D eigenvalue weighted by molar-refractivity contribution is 0.0887. The van der Waals surface area contributed by atoms with Gasteiger partial charge in [0.1, 0.15) is 5.82 Å². The Morgan fingerprint density at radius 1 is 1.35 bits per heavy atom. The number of alkyl halides is 2. The quantitative estimate of drug-likeness (QED) is 0.833. The van der Waals surface area contributed by atoms with Gasteiger partial charge >= 0.3 is 0 Å². The first-order valence-electron chi connectivity index (χ1n) is 4.99. The summed E-state index contributed by atoms with van der Waals surface area (Å²) < 4.78 is 57.9. The van der Waals surface area contributed by atoms with E-state index >= 15 is 0 Å². The van der Waals surface area contributed by atoms with Crippen molar-refractivity contribution in [2.24, 2.45) is 5.73 Å². The van der Waals surface area contributed by atoms with Crippen molar-refractivity contribution in [3.8, 4) is 5.75 Å². The van der Waals surface area contributed by atoms with Crippen molar-refractivity contribution in [3.63, 3.8) is 0 Å². The van der Waals surface area contributed by atoms with Crippen LogP contribution in [0.25, 0.3) is 0 Å². The summed E-state index contributed by atoms with van der Waals surface area (Å²) in [7, 11) is 1.14. The fourth-order valence-corrected chi connectivity index (χ4v) is 2.08. The van der Waals surface area contributed by atoms with Gasteiger partial charge in [-0.2, -0.15) is 0 Å². The van der Waals surface area contributed by atoms with E-state index in [1.807, 2.05) is 0 Å². The lowest BCUT2D eigenvalue weighted by Gasteiger charge is -2.18. The molecule has 0 amide bonds. The molecule has 0 aromatic heterocycles. The molecule has 1 saturated carbocycles. The zero-order chi connectivity index (χ0) is 12.8. The number of rotatable bonds is 3. The van der Waals surface area contributed by atoms with E-state index < -0.39 is 29.4 Å². The molecule has 2 N–H and O–H groups in total. The number of benzene rings is 1. The normalized spacial score (nSPS) is 25.8. The number of hydrogen-bond donors (Lipinski definition) is 1. The van der Waals surface area contributed by atoms with Crippen molar-refractivity contribution in [1.82, 2.24) is 0 Å². The van der Waals surface area contributed by atoms with Gasteiger partial charge in [0.05, 0.1) is 12.5 Å². The van der Waals surface area contributed by atoms with Crippen LogP contribution in [0, 0.1) is 11.6 Å². The molecule has 0 saturated heterocycles. The Balaban J connectivity index is 2.59. The molecule has 0 spiro atoms. The lowest BCUT2D eigenvalue weighted by atomic mass is 9.94. The number of ether oxygens (including phenoxy) is 1. The van der Waals surface area contributed by atoms with Gasteiger partial charge in [0, 0.05) is 24.6 Å². The minimum atomic E-state index is -3.05. The molecule has 0 aliphatic heterocycles. The van der Waals surface area contributed by atoms with Crippen molar-refractivity contribution in [2.45, 2.75) is 17.8 Å². The maximum Gasteiger partial charge on any atom is 0.260 e.